The van der Waals surface area contributed by atoms with E-state index < -0.39 is 32.6 Å². The molecule has 5 nitrogen and oxygen atoms in total. The Bertz CT molecular complexity index is 634. The van der Waals surface area contributed by atoms with Crippen LogP contribution >= 0.6 is 11.6 Å². The number of hydrogen-bond acceptors (Lipinski definition) is 3. The maximum atomic E-state index is 13.8. The molecular formula is C12H13ClFNO4S. The van der Waals surface area contributed by atoms with Crippen LogP contribution in [0.1, 0.15) is 12.8 Å². The van der Waals surface area contributed by atoms with Gasteiger partial charge in [-0.3, -0.25) is 4.79 Å². The number of carboxylic acids is 1. The van der Waals surface area contributed by atoms with E-state index in [1.165, 1.54) is 6.07 Å². The number of rotatable bonds is 3. The highest BCUT2D eigenvalue weighted by Crippen LogP contribution is 2.26. The van der Waals surface area contributed by atoms with Crippen LogP contribution in [0.3, 0.4) is 0 Å². The third kappa shape index (κ3) is 2.94. The van der Waals surface area contributed by atoms with Gasteiger partial charge in [-0.1, -0.05) is 11.6 Å². The molecule has 1 heterocycles. The van der Waals surface area contributed by atoms with Gasteiger partial charge < -0.3 is 5.11 Å². The summed E-state index contributed by atoms with van der Waals surface area (Å²) >= 11 is 5.59. The molecule has 1 aromatic rings. The molecule has 1 atom stereocenters. The van der Waals surface area contributed by atoms with Crippen LogP contribution in [0, 0.1) is 11.7 Å². The molecule has 0 saturated carbocycles. The third-order valence-electron chi connectivity index (χ3n) is 3.25. The molecule has 1 saturated heterocycles. The van der Waals surface area contributed by atoms with Gasteiger partial charge in [0.25, 0.3) is 0 Å². The van der Waals surface area contributed by atoms with E-state index in [1.54, 1.807) is 0 Å². The molecule has 2 rings (SSSR count). The van der Waals surface area contributed by atoms with Gasteiger partial charge >= 0.3 is 5.97 Å². The maximum Gasteiger partial charge on any atom is 0.307 e. The molecule has 110 valence electrons. The van der Waals surface area contributed by atoms with E-state index in [0.717, 1.165) is 16.4 Å². The Hall–Kier alpha value is -1.18. The van der Waals surface area contributed by atoms with Gasteiger partial charge in [-0.2, -0.15) is 4.31 Å². The number of carboxylic acid groups (broad SMARTS) is 1. The lowest BCUT2D eigenvalue weighted by atomic mass is 10.0. The molecule has 0 spiro atoms. The zero-order valence-electron chi connectivity index (χ0n) is 10.4. The summed E-state index contributed by atoms with van der Waals surface area (Å²) in [5.41, 5.74) is 0. The molecule has 1 aromatic carbocycles. The van der Waals surface area contributed by atoms with E-state index in [-0.39, 0.29) is 18.1 Å². The smallest absolute Gasteiger partial charge is 0.307 e. The molecule has 1 aliphatic heterocycles. The van der Waals surface area contributed by atoms with E-state index in [4.69, 9.17) is 16.7 Å². The summed E-state index contributed by atoms with van der Waals surface area (Å²) in [6, 6.07) is 3.31. The van der Waals surface area contributed by atoms with Crippen LogP contribution in [-0.4, -0.2) is 36.9 Å². The standard InChI is InChI=1S/C12H13ClFNO4S/c13-9-3-4-11(10(14)6-9)20(18,19)15-5-1-2-8(7-15)12(16)17/h3-4,6,8H,1-2,5,7H2,(H,16,17). The molecule has 0 aliphatic carbocycles. The fraction of sp³-hybridized carbons (Fsp3) is 0.417. The van der Waals surface area contributed by atoms with Crippen LogP contribution in [0.5, 0.6) is 0 Å². The number of piperidine rings is 1. The highest BCUT2D eigenvalue weighted by molar-refractivity contribution is 7.89. The van der Waals surface area contributed by atoms with Gasteiger partial charge in [0.05, 0.1) is 5.92 Å². The van der Waals surface area contributed by atoms with E-state index in [0.29, 0.717) is 12.8 Å². The average molecular weight is 322 g/mol. The Morgan fingerprint density at radius 1 is 1.45 bits per heavy atom. The molecule has 20 heavy (non-hydrogen) atoms. The molecular weight excluding hydrogens is 309 g/mol. The monoisotopic (exact) mass is 321 g/mol. The highest BCUT2D eigenvalue weighted by Gasteiger charge is 2.34. The first-order chi connectivity index (χ1) is 9.32. The normalized spacial score (nSPS) is 20.8. The molecule has 8 heteroatoms. The van der Waals surface area contributed by atoms with Gasteiger partial charge in [-0.25, -0.2) is 12.8 Å². The summed E-state index contributed by atoms with van der Waals surface area (Å²) in [4.78, 5) is 10.5. The number of carbonyl (C=O) groups is 1. The molecule has 0 aromatic heterocycles. The van der Waals surface area contributed by atoms with Crippen LogP contribution < -0.4 is 0 Å². The second-order valence-corrected chi connectivity index (χ2v) is 6.96. The first-order valence-electron chi connectivity index (χ1n) is 6.00. The topological polar surface area (TPSA) is 74.7 Å². The van der Waals surface area contributed by atoms with Crippen LogP contribution in [0.15, 0.2) is 23.1 Å². The minimum atomic E-state index is -4.04. The second-order valence-electron chi connectivity index (χ2n) is 4.62. The van der Waals surface area contributed by atoms with Crippen LogP contribution in [0.25, 0.3) is 0 Å². The number of halogens is 2. The predicted molar refractivity (Wildman–Crippen MR) is 70.5 cm³/mol. The van der Waals surface area contributed by atoms with Gasteiger partial charge in [0, 0.05) is 18.1 Å². The fourth-order valence-corrected chi connectivity index (χ4v) is 3.91. The zero-order valence-corrected chi connectivity index (χ0v) is 12.0. The van der Waals surface area contributed by atoms with E-state index in [2.05, 4.69) is 0 Å². The molecule has 0 amide bonds. The summed E-state index contributed by atoms with van der Waals surface area (Å²) in [6.07, 6.45) is 0.857. The first kappa shape index (κ1) is 15.2. The minimum Gasteiger partial charge on any atom is -0.481 e. The van der Waals surface area contributed by atoms with Crippen LogP contribution in [0.4, 0.5) is 4.39 Å². The fourth-order valence-electron chi connectivity index (χ4n) is 2.19. The molecule has 0 radical (unpaired) electrons. The van der Waals surface area contributed by atoms with E-state index >= 15 is 0 Å². The van der Waals surface area contributed by atoms with E-state index in [1.807, 2.05) is 0 Å². The minimum absolute atomic E-state index is 0.100. The van der Waals surface area contributed by atoms with Crippen molar-refractivity contribution in [3.63, 3.8) is 0 Å². The zero-order chi connectivity index (χ0) is 14.9. The lowest BCUT2D eigenvalue weighted by Crippen LogP contribution is -2.42. The van der Waals surface area contributed by atoms with Crippen molar-refractivity contribution in [3.05, 3.63) is 29.0 Å². The maximum absolute atomic E-state index is 13.8. The number of sulfonamides is 1. The Morgan fingerprint density at radius 2 is 2.15 bits per heavy atom. The summed E-state index contributed by atoms with van der Waals surface area (Å²) < 4.78 is 39.4. The van der Waals surface area contributed by atoms with Crippen LogP contribution in [0.2, 0.25) is 5.02 Å². The highest BCUT2D eigenvalue weighted by atomic mass is 35.5. The summed E-state index contributed by atoms with van der Waals surface area (Å²) in [7, 11) is -4.04. The van der Waals surface area contributed by atoms with Crippen molar-refractivity contribution in [2.24, 2.45) is 5.92 Å². The Morgan fingerprint density at radius 3 is 2.75 bits per heavy atom. The third-order valence-corrected chi connectivity index (χ3v) is 5.38. The predicted octanol–water partition coefficient (Wildman–Crippen LogP) is 1.96. The average Bonchev–Trinajstić information content (AvgIpc) is 2.38. The number of aliphatic carboxylic acids is 1. The Labute approximate surface area is 121 Å². The van der Waals surface area contributed by atoms with Crippen molar-refractivity contribution in [1.29, 1.82) is 0 Å². The number of hydrogen-bond donors (Lipinski definition) is 1. The first-order valence-corrected chi connectivity index (χ1v) is 7.82. The quantitative estimate of drug-likeness (QED) is 0.923. The number of nitrogens with zero attached hydrogens (tertiary/aromatic N) is 1. The van der Waals surface area contributed by atoms with Crippen molar-refractivity contribution in [3.8, 4) is 0 Å². The van der Waals surface area contributed by atoms with Gasteiger partial charge in [0.2, 0.25) is 10.0 Å². The Kier molecular flexibility index (Phi) is 4.31. The van der Waals surface area contributed by atoms with Crippen molar-refractivity contribution >= 4 is 27.6 Å². The van der Waals surface area contributed by atoms with Gasteiger partial charge in [-0.15, -0.1) is 0 Å². The van der Waals surface area contributed by atoms with Crippen LogP contribution in [-0.2, 0) is 14.8 Å². The van der Waals surface area contributed by atoms with Crippen molar-refractivity contribution in [2.75, 3.05) is 13.1 Å². The van der Waals surface area contributed by atoms with Crippen molar-refractivity contribution in [2.45, 2.75) is 17.7 Å². The van der Waals surface area contributed by atoms with Gasteiger partial charge in [0.15, 0.2) is 0 Å². The van der Waals surface area contributed by atoms with Gasteiger partial charge in [-0.05, 0) is 31.0 Å². The SMILES string of the molecule is O=C(O)C1CCCN(S(=O)(=O)c2ccc(Cl)cc2F)C1. The molecule has 1 fully saturated rings. The summed E-state index contributed by atoms with van der Waals surface area (Å²) in [6.45, 7) is 0.0495. The number of benzene rings is 1. The lowest BCUT2D eigenvalue weighted by molar-refractivity contribution is -0.142. The lowest BCUT2D eigenvalue weighted by Gasteiger charge is -2.29. The van der Waals surface area contributed by atoms with Gasteiger partial charge in [0.1, 0.15) is 10.7 Å². The summed E-state index contributed by atoms with van der Waals surface area (Å²) in [5, 5.41) is 9.07. The molecule has 1 unspecified atom stereocenters. The van der Waals surface area contributed by atoms with E-state index in [9.17, 15) is 17.6 Å². The largest absolute Gasteiger partial charge is 0.481 e. The molecule has 0 bridgehead atoms. The molecule has 1 N–H and O–H groups in total. The molecule has 1 aliphatic rings. The summed E-state index contributed by atoms with van der Waals surface area (Å²) in [5.74, 6) is -2.73. The van der Waals surface area contributed by atoms with Crippen molar-refractivity contribution < 1.29 is 22.7 Å². The Balaban J connectivity index is 2.32. The van der Waals surface area contributed by atoms with Crippen molar-refractivity contribution in [1.82, 2.24) is 4.31 Å². The second kappa shape index (κ2) is 5.67.